The molecule has 4 aromatic rings. The van der Waals surface area contributed by atoms with Crippen LogP contribution >= 0.6 is 0 Å². The molecule has 0 saturated heterocycles. The fraction of sp³-hybridized carbons (Fsp3) is 0.226. The van der Waals surface area contributed by atoms with Crippen LogP contribution in [-0.4, -0.2) is 42.3 Å². The van der Waals surface area contributed by atoms with E-state index >= 15 is 0 Å². The molecule has 4 rings (SSSR count). The molecule has 0 spiro atoms. The van der Waals surface area contributed by atoms with Crippen molar-refractivity contribution in [3.63, 3.8) is 0 Å². The number of rotatable bonds is 6. The normalized spacial score (nSPS) is 10.8. The molecule has 0 amide bonds. The van der Waals surface area contributed by atoms with Crippen LogP contribution in [0.4, 0.5) is 17.1 Å². The second kappa shape index (κ2) is 9.64. The molecule has 0 heterocycles. The van der Waals surface area contributed by atoms with Crippen molar-refractivity contribution in [2.75, 3.05) is 57.0 Å². The molecule has 0 N–H and O–H groups in total. The number of benzene rings is 4. The first kappa shape index (κ1) is 23.4. The molecule has 0 aliphatic carbocycles. The van der Waals surface area contributed by atoms with Crippen LogP contribution in [0.25, 0.3) is 33.4 Å². The van der Waals surface area contributed by atoms with Gasteiger partial charge in [0, 0.05) is 59.3 Å². The van der Waals surface area contributed by atoms with Gasteiger partial charge in [-0.2, -0.15) is 0 Å². The lowest BCUT2D eigenvalue weighted by Crippen LogP contribution is -2.08. The van der Waals surface area contributed by atoms with E-state index in [1.807, 2.05) is 0 Å². The molecule has 0 fully saturated rings. The fourth-order valence-electron chi connectivity index (χ4n) is 4.41. The first-order valence-electron chi connectivity index (χ1n) is 11.7. The van der Waals surface area contributed by atoms with E-state index in [9.17, 15) is 0 Å². The van der Waals surface area contributed by atoms with Crippen molar-refractivity contribution in [3.8, 4) is 33.4 Å². The maximum absolute atomic E-state index is 2.27. The monoisotopic (exact) mass is 449 g/mol. The van der Waals surface area contributed by atoms with Crippen molar-refractivity contribution < 1.29 is 0 Å². The van der Waals surface area contributed by atoms with Gasteiger partial charge >= 0.3 is 0 Å². The zero-order valence-corrected chi connectivity index (χ0v) is 21.4. The van der Waals surface area contributed by atoms with Gasteiger partial charge < -0.3 is 14.7 Å². The van der Waals surface area contributed by atoms with E-state index in [0.29, 0.717) is 0 Å². The zero-order valence-electron chi connectivity index (χ0n) is 21.4. The Hall–Kier alpha value is -3.72. The standard InChI is InChI=1S/C31H35N3/c1-22-8-21-29(23-9-15-26(16-10-23)32(2)3)31(25-13-19-28(20-14-25)34(6)7)30(22)24-11-17-27(18-12-24)33(4)5/h8-21H,1-7H3. The minimum atomic E-state index is 1.20. The molecule has 0 saturated carbocycles. The molecule has 0 atom stereocenters. The van der Waals surface area contributed by atoms with Crippen LogP contribution in [0.15, 0.2) is 84.9 Å². The van der Waals surface area contributed by atoms with E-state index in [0.717, 1.165) is 0 Å². The summed E-state index contributed by atoms with van der Waals surface area (Å²) in [5.41, 5.74) is 12.4. The molecule has 3 nitrogen and oxygen atoms in total. The molecule has 0 aliphatic heterocycles. The molecule has 0 bridgehead atoms. The van der Waals surface area contributed by atoms with Crippen LogP contribution in [0.2, 0.25) is 0 Å². The van der Waals surface area contributed by atoms with E-state index in [4.69, 9.17) is 0 Å². The average Bonchev–Trinajstić information content (AvgIpc) is 2.84. The van der Waals surface area contributed by atoms with Gasteiger partial charge in [-0.05, 0) is 82.3 Å². The van der Waals surface area contributed by atoms with Gasteiger partial charge in [0.15, 0.2) is 0 Å². The smallest absolute Gasteiger partial charge is 0.0361 e. The lowest BCUT2D eigenvalue weighted by atomic mass is 9.85. The highest BCUT2D eigenvalue weighted by atomic mass is 15.1. The highest BCUT2D eigenvalue weighted by molar-refractivity contribution is 5.96. The first-order chi connectivity index (χ1) is 16.3. The van der Waals surface area contributed by atoms with Crippen LogP contribution in [0.3, 0.4) is 0 Å². The molecule has 4 aromatic carbocycles. The van der Waals surface area contributed by atoms with Crippen molar-refractivity contribution in [2.24, 2.45) is 0 Å². The van der Waals surface area contributed by atoms with E-state index in [1.165, 1.54) is 56.0 Å². The number of nitrogens with zero attached hydrogens (tertiary/aromatic N) is 3. The number of aryl methyl sites for hydroxylation is 1. The van der Waals surface area contributed by atoms with Gasteiger partial charge in [-0.25, -0.2) is 0 Å². The van der Waals surface area contributed by atoms with E-state index < -0.39 is 0 Å². The predicted octanol–water partition coefficient (Wildman–Crippen LogP) is 7.19. The molecule has 3 heteroatoms. The summed E-state index contributed by atoms with van der Waals surface area (Å²) in [4.78, 5) is 6.42. The first-order valence-corrected chi connectivity index (χ1v) is 11.7. The van der Waals surface area contributed by atoms with Gasteiger partial charge in [0.1, 0.15) is 0 Å². The molecule has 0 aliphatic rings. The third-order valence-corrected chi connectivity index (χ3v) is 6.45. The molecule has 34 heavy (non-hydrogen) atoms. The molecule has 174 valence electrons. The predicted molar refractivity (Wildman–Crippen MR) is 150 cm³/mol. The molecular formula is C31H35N3. The second-order valence-corrected chi connectivity index (χ2v) is 9.50. The van der Waals surface area contributed by atoms with Crippen LogP contribution in [0.1, 0.15) is 5.56 Å². The quantitative estimate of drug-likeness (QED) is 0.308. The maximum atomic E-state index is 2.27. The highest BCUT2D eigenvalue weighted by Crippen LogP contribution is 2.43. The van der Waals surface area contributed by atoms with E-state index in [1.54, 1.807) is 0 Å². The summed E-state index contributed by atoms with van der Waals surface area (Å²) < 4.78 is 0. The Morgan fingerprint density at radius 1 is 0.382 bits per heavy atom. The van der Waals surface area contributed by atoms with E-state index in [2.05, 4.69) is 149 Å². The largest absolute Gasteiger partial charge is 0.378 e. The molecule has 0 radical (unpaired) electrons. The molecule has 0 aromatic heterocycles. The van der Waals surface area contributed by atoms with Crippen molar-refractivity contribution in [3.05, 3.63) is 90.5 Å². The van der Waals surface area contributed by atoms with Gasteiger partial charge in [0.25, 0.3) is 0 Å². The maximum Gasteiger partial charge on any atom is 0.0361 e. The van der Waals surface area contributed by atoms with Gasteiger partial charge in [0.05, 0.1) is 0 Å². The Kier molecular flexibility index (Phi) is 6.65. The minimum absolute atomic E-state index is 1.20. The lowest BCUT2D eigenvalue weighted by Gasteiger charge is -2.21. The Labute approximate surface area is 204 Å². The number of hydrogen-bond acceptors (Lipinski definition) is 3. The third-order valence-electron chi connectivity index (χ3n) is 6.45. The Morgan fingerprint density at radius 2 is 0.735 bits per heavy atom. The second-order valence-electron chi connectivity index (χ2n) is 9.50. The van der Waals surface area contributed by atoms with Gasteiger partial charge in [-0.15, -0.1) is 0 Å². The van der Waals surface area contributed by atoms with Crippen molar-refractivity contribution in [1.82, 2.24) is 0 Å². The van der Waals surface area contributed by atoms with Crippen molar-refractivity contribution >= 4 is 17.1 Å². The van der Waals surface area contributed by atoms with Crippen LogP contribution < -0.4 is 14.7 Å². The third kappa shape index (κ3) is 4.65. The van der Waals surface area contributed by atoms with Gasteiger partial charge in [0.2, 0.25) is 0 Å². The lowest BCUT2D eigenvalue weighted by molar-refractivity contribution is 1.13. The average molecular weight is 450 g/mol. The highest BCUT2D eigenvalue weighted by Gasteiger charge is 2.17. The van der Waals surface area contributed by atoms with Crippen LogP contribution in [-0.2, 0) is 0 Å². The summed E-state index contributed by atoms with van der Waals surface area (Å²) in [6, 6.07) is 31.2. The Balaban J connectivity index is 1.95. The number of anilines is 3. The molecule has 0 unspecified atom stereocenters. The Bertz CT molecular complexity index is 1250. The van der Waals surface area contributed by atoms with Gasteiger partial charge in [-0.1, -0.05) is 48.5 Å². The molecular weight excluding hydrogens is 414 g/mol. The summed E-state index contributed by atoms with van der Waals surface area (Å²) >= 11 is 0. The van der Waals surface area contributed by atoms with E-state index in [-0.39, 0.29) is 0 Å². The number of hydrogen-bond donors (Lipinski definition) is 0. The van der Waals surface area contributed by atoms with Crippen LogP contribution in [0.5, 0.6) is 0 Å². The van der Waals surface area contributed by atoms with Crippen LogP contribution in [0, 0.1) is 6.92 Å². The minimum Gasteiger partial charge on any atom is -0.378 e. The summed E-state index contributed by atoms with van der Waals surface area (Å²) in [5, 5.41) is 0. The van der Waals surface area contributed by atoms with Gasteiger partial charge in [-0.3, -0.25) is 0 Å². The van der Waals surface area contributed by atoms with Crippen molar-refractivity contribution in [2.45, 2.75) is 6.92 Å². The SMILES string of the molecule is Cc1ccc(-c2ccc(N(C)C)cc2)c(-c2ccc(N(C)C)cc2)c1-c1ccc(N(C)C)cc1. The zero-order chi connectivity index (χ0) is 24.4. The fourth-order valence-corrected chi connectivity index (χ4v) is 4.41. The summed E-state index contributed by atoms with van der Waals surface area (Å²) in [6.45, 7) is 2.21. The summed E-state index contributed by atoms with van der Waals surface area (Å²) in [5.74, 6) is 0. The topological polar surface area (TPSA) is 9.72 Å². The summed E-state index contributed by atoms with van der Waals surface area (Å²) in [6.07, 6.45) is 0. The van der Waals surface area contributed by atoms with Crippen molar-refractivity contribution in [1.29, 1.82) is 0 Å². The summed E-state index contributed by atoms with van der Waals surface area (Å²) in [7, 11) is 12.5. The Morgan fingerprint density at radius 3 is 1.12 bits per heavy atom.